The van der Waals surface area contributed by atoms with Crippen molar-refractivity contribution in [1.29, 1.82) is 0 Å². The summed E-state index contributed by atoms with van der Waals surface area (Å²) in [6.07, 6.45) is 2.02. The van der Waals surface area contributed by atoms with E-state index >= 15 is 0 Å². The minimum absolute atomic E-state index is 0.766. The number of aromatic nitrogens is 5. The van der Waals surface area contributed by atoms with Gasteiger partial charge in [-0.2, -0.15) is 0 Å². The van der Waals surface area contributed by atoms with Gasteiger partial charge in [0.15, 0.2) is 11.0 Å². The minimum Gasteiger partial charge on any atom is -0.360 e. The number of hydrogen-bond acceptors (Lipinski definition) is 5. The quantitative estimate of drug-likeness (QED) is 0.368. The van der Waals surface area contributed by atoms with Crippen LogP contribution in [0.1, 0.15) is 16.3 Å². The van der Waals surface area contributed by atoms with E-state index in [1.807, 2.05) is 25.3 Å². The second kappa shape index (κ2) is 7.50. The Morgan fingerprint density at radius 2 is 1.86 bits per heavy atom. The van der Waals surface area contributed by atoms with Crippen molar-refractivity contribution in [2.45, 2.75) is 24.8 Å². The average molecular weight is 418 g/mol. The van der Waals surface area contributed by atoms with Crippen LogP contribution in [0.3, 0.4) is 0 Å². The van der Waals surface area contributed by atoms with E-state index in [0.717, 1.165) is 49.6 Å². The Balaban J connectivity index is 1.63. The third kappa shape index (κ3) is 3.36. The predicted octanol–water partition coefficient (Wildman–Crippen LogP) is 5.78. The van der Waals surface area contributed by atoms with E-state index in [1.54, 1.807) is 23.1 Å². The van der Waals surface area contributed by atoms with Gasteiger partial charge in [0.05, 0.1) is 16.4 Å². The zero-order valence-corrected chi connectivity index (χ0v) is 17.7. The number of nitrogens with zero attached hydrogens (tertiary/aromatic N) is 4. The number of aromatic amines is 1. The summed E-state index contributed by atoms with van der Waals surface area (Å²) in [5.41, 5.74) is 5.49. The predicted molar refractivity (Wildman–Crippen MR) is 120 cm³/mol. The highest BCUT2D eigenvalue weighted by molar-refractivity contribution is 7.98. The van der Waals surface area contributed by atoms with Crippen LogP contribution in [0.4, 0.5) is 0 Å². The zero-order chi connectivity index (χ0) is 19.8. The van der Waals surface area contributed by atoms with Crippen LogP contribution in [-0.2, 0) is 5.75 Å². The van der Waals surface area contributed by atoms with E-state index in [4.69, 9.17) is 0 Å². The molecular formula is C22H19N5S2. The van der Waals surface area contributed by atoms with Crippen LogP contribution in [-0.4, -0.2) is 24.7 Å². The summed E-state index contributed by atoms with van der Waals surface area (Å²) in [6.45, 7) is 4.15. The molecule has 2 aromatic carbocycles. The van der Waals surface area contributed by atoms with E-state index in [9.17, 15) is 0 Å². The maximum absolute atomic E-state index is 4.60. The second-order valence-electron chi connectivity index (χ2n) is 6.82. The lowest BCUT2D eigenvalue weighted by molar-refractivity contribution is 0.880. The molecule has 5 aromatic rings. The molecule has 0 saturated carbocycles. The summed E-state index contributed by atoms with van der Waals surface area (Å²) >= 11 is 3.34. The second-order valence-corrected chi connectivity index (χ2v) is 8.83. The molecule has 0 fully saturated rings. The molecule has 3 aromatic heterocycles. The molecule has 0 bridgehead atoms. The summed E-state index contributed by atoms with van der Waals surface area (Å²) in [6, 6.07) is 16.6. The summed E-state index contributed by atoms with van der Waals surface area (Å²) in [4.78, 5) is 7.93. The molecule has 1 N–H and O–H groups in total. The summed E-state index contributed by atoms with van der Waals surface area (Å²) in [5, 5.41) is 14.4. The smallest absolute Gasteiger partial charge is 0.196 e. The van der Waals surface area contributed by atoms with Crippen LogP contribution in [0.2, 0.25) is 0 Å². The fourth-order valence-corrected chi connectivity index (χ4v) is 4.99. The maximum atomic E-state index is 4.60. The number of rotatable bonds is 5. The largest absolute Gasteiger partial charge is 0.360 e. The van der Waals surface area contributed by atoms with Crippen molar-refractivity contribution in [2.75, 3.05) is 0 Å². The lowest BCUT2D eigenvalue weighted by Crippen LogP contribution is -2.01. The van der Waals surface area contributed by atoms with Crippen LogP contribution < -0.4 is 0 Å². The standard InChI is InChI=1S/C22H19N5S2/c1-14-7-3-6-10-20(14)27-21(18-11-23-19-9-5-4-8-17(18)19)25-26-22(27)29-13-16-12-28-15(2)24-16/h3-12,23H,13H2,1-2H3. The van der Waals surface area contributed by atoms with Crippen molar-refractivity contribution in [3.05, 3.63) is 76.4 Å². The van der Waals surface area contributed by atoms with Crippen molar-refractivity contribution in [3.63, 3.8) is 0 Å². The SMILES string of the molecule is Cc1nc(CSc2nnc(-c3c[nH]c4ccccc34)n2-c2ccccc2C)cs1. The molecule has 0 aliphatic heterocycles. The third-order valence-corrected chi connectivity index (χ3v) is 6.62. The number of fused-ring (bicyclic) bond motifs is 1. The number of aryl methyl sites for hydroxylation is 2. The Bertz CT molecular complexity index is 1300. The first-order valence-corrected chi connectivity index (χ1v) is 11.2. The first-order valence-electron chi connectivity index (χ1n) is 9.32. The van der Waals surface area contributed by atoms with Gasteiger partial charge in [-0.15, -0.1) is 21.5 Å². The van der Waals surface area contributed by atoms with Gasteiger partial charge in [0.25, 0.3) is 0 Å². The Hall–Kier alpha value is -2.90. The highest BCUT2D eigenvalue weighted by atomic mass is 32.2. The maximum Gasteiger partial charge on any atom is 0.196 e. The molecule has 0 atom stereocenters. The highest BCUT2D eigenvalue weighted by Gasteiger charge is 2.20. The number of para-hydroxylation sites is 2. The Labute approximate surface area is 176 Å². The first-order chi connectivity index (χ1) is 14.2. The minimum atomic E-state index is 0.766. The van der Waals surface area contributed by atoms with Crippen LogP contribution >= 0.6 is 23.1 Å². The molecular weight excluding hydrogens is 398 g/mol. The van der Waals surface area contributed by atoms with E-state index < -0.39 is 0 Å². The lowest BCUT2D eigenvalue weighted by atomic mass is 10.1. The molecule has 5 nitrogen and oxygen atoms in total. The molecule has 144 valence electrons. The number of thioether (sulfide) groups is 1. The van der Waals surface area contributed by atoms with Gasteiger partial charge in [0.1, 0.15) is 0 Å². The molecule has 7 heteroatoms. The molecule has 0 saturated heterocycles. The van der Waals surface area contributed by atoms with Gasteiger partial charge in [-0.3, -0.25) is 4.57 Å². The lowest BCUT2D eigenvalue weighted by Gasteiger charge is -2.12. The molecule has 0 unspecified atom stereocenters. The Morgan fingerprint density at radius 1 is 1.03 bits per heavy atom. The Morgan fingerprint density at radius 3 is 2.69 bits per heavy atom. The van der Waals surface area contributed by atoms with Crippen molar-refractivity contribution in [2.24, 2.45) is 0 Å². The molecule has 0 aliphatic rings. The zero-order valence-electron chi connectivity index (χ0n) is 16.1. The fourth-order valence-electron chi connectivity index (χ4n) is 3.44. The van der Waals surface area contributed by atoms with Gasteiger partial charge in [0, 0.05) is 33.8 Å². The van der Waals surface area contributed by atoms with Crippen LogP contribution in [0.5, 0.6) is 0 Å². The molecule has 29 heavy (non-hydrogen) atoms. The van der Waals surface area contributed by atoms with Gasteiger partial charge in [-0.25, -0.2) is 4.98 Å². The van der Waals surface area contributed by atoms with Crippen LogP contribution in [0, 0.1) is 13.8 Å². The van der Waals surface area contributed by atoms with Gasteiger partial charge < -0.3 is 4.98 Å². The summed E-state index contributed by atoms with van der Waals surface area (Å²) in [7, 11) is 0. The number of nitrogens with one attached hydrogen (secondary N) is 1. The van der Waals surface area contributed by atoms with Gasteiger partial charge >= 0.3 is 0 Å². The van der Waals surface area contributed by atoms with E-state index in [1.165, 1.54) is 5.56 Å². The number of thiazole rings is 1. The Kier molecular flexibility index (Phi) is 4.69. The van der Waals surface area contributed by atoms with E-state index in [2.05, 4.69) is 73.4 Å². The normalized spacial score (nSPS) is 11.4. The number of hydrogen-bond donors (Lipinski definition) is 1. The van der Waals surface area contributed by atoms with E-state index in [0.29, 0.717) is 0 Å². The summed E-state index contributed by atoms with van der Waals surface area (Å²) < 4.78 is 2.16. The molecule has 0 spiro atoms. The molecule has 0 amide bonds. The van der Waals surface area contributed by atoms with Gasteiger partial charge in [0.2, 0.25) is 0 Å². The summed E-state index contributed by atoms with van der Waals surface area (Å²) in [5.74, 6) is 1.61. The monoisotopic (exact) mass is 417 g/mol. The number of benzene rings is 2. The first kappa shape index (κ1) is 18.1. The molecule has 0 aliphatic carbocycles. The fraction of sp³-hybridized carbons (Fsp3) is 0.136. The number of H-pyrrole nitrogens is 1. The van der Waals surface area contributed by atoms with E-state index in [-0.39, 0.29) is 0 Å². The third-order valence-electron chi connectivity index (χ3n) is 4.84. The van der Waals surface area contributed by atoms with Crippen LogP contribution in [0.15, 0.2) is 65.3 Å². The van der Waals surface area contributed by atoms with Crippen LogP contribution in [0.25, 0.3) is 28.0 Å². The van der Waals surface area contributed by atoms with Gasteiger partial charge in [-0.1, -0.05) is 48.2 Å². The van der Waals surface area contributed by atoms with Crippen molar-refractivity contribution in [1.82, 2.24) is 24.7 Å². The average Bonchev–Trinajstić information content (AvgIpc) is 3.44. The van der Waals surface area contributed by atoms with Crippen molar-refractivity contribution < 1.29 is 0 Å². The highest BCUT2D eigenvalue weighted by Crippen LogP contribution is 2.34. The van der Waals surface area contributed by atoms with Crippen molar-refractivity contribution in [3.8, 4) is 17.1 Å². The molecule has 0 radical (unpaired) electrons. The van der Waals surface area contributed by atoms with Gasteiger partial charge in [-0.05, 0) is 31.5 Å². The van der Waals surface area contributed by atoms with Crippen molar-refractivity contribution >= 4 is 34.0 Å². The molecule has 3 heterocycles. The topological polar surface area (TPSA) is 59.4 Å². The molecule has 5 rings (SSSR count).